The Hall–Kier alpha value is -2.90. The van der Waals surface area contributed by atoms with E-state index in [1.165, 1.54) is 3.97 Å². The summed E-state index contributed by atoms with van der Waals surface area (Å²) >= 11 is 0. The lowest BCUT2D eigenvalue weighted by Gasteiger charge is -2.12. The molecule has 3 aromatic heterocycles. The third kappa shape index (κ3) is 2.58. The van der Waals surface area contributed by atoms with E-state index >= 15 is 0 Å². The highest BCUT2D eigenvalue weighted by molar-refractivity contribution is 7.90. The quantitative estimate of drug-likeness (QED) is 0.590. The third-order valence-corrected chi connectivity index (χ3v) is 6.59. The van der Waals surface area contributed by atoms with Gasteiger partial charge >= 0.3 is 0 Å². The fraction of sp³-hybridized carbons (Fsp3) is 0.150. The first kappa shape index (κ1) is 16.3. The van der Waals surface area contributed by atoms with Crippen LogP contribution >= 0.6 is 0 Å². The zero-order chi connectivity index (χ0) is 18.4. The van der Waals surface area contributed by atoms with Crippen LogP contribution in [-0.4, -0.2) is 30.5 Å². The molecule has 1 aromatic carbocycles. The second-order valence-corrected chi connectivity index (χ2v) is 8.33. The lowest BCUT2D eigenvalue weighted by atomic mass is 10.0. The van der Waals surface area contributed by atoms with Gasteiger partial charge in [-0.15, -0.1) is 0 Å². The molecule has 6 nitrogen and oxygen atoms in total. The van der Waals surface area contributed by atoms with E-state index in [4.69, 9.17) is 4.42 Å². The summed E-state index contributed by atoms with van der Waals surface area (Å²) in [5, 5.41) is 4.04. The molecule has 0 aliphatic carbocycles. The van der Waals surface area contributed by atoms with Gasteiger partial charge in [-0.2, -0.15) is 0 Å². The molecular weight excluding hydrogens is 362 g/mol. The average Bonchev–Trinajstić information content (AvgIpc) is 3.33. The first-order valence-corrected chi connectivity index (χ1v) is 10.2. The van der Waals surface area contributed by atoms with Crippen molar-refractivity contribution >= 4 is 37.6 Å². The molecule has 0 saturated heterocycles. The summed E-state index contributed by atoms with van der Waals surface area (Å²) in [4.78, 5) is 4.69. The van der Waals surface area contributed by atoms with E-state index in [1.807, 2.05) is 0 Å². The number of rotatable bonds is 3. The molecule has 4 aromatic rings. The van der Waals surface area contributed by atoms with Crippen molar-refractivity contribution in [2.75, 3.05) is 13.1 Å². The van der Waals surface area contributed by atoms with Crippen LogP contribution < -0.4 is 5.32 Å². The van der Waals surface area contributed by atoms with Gasteiger partial charge in [-0.05, 0) is 54.9 Å². The van der Waals surface area contributed by atoms with E-state index in [2.05, 4.69) is 16.4 Å². The Labute approximate surface area is 156 Å². The van der Waals surface area contributed by atoms with Gasteiger partial charge in [0.25, 0.3) is 10.0 Å². The van der Waals surface area contributed by atoms with Crippen LogP contribution in [0.4, 0.5) is 0 Å². The molecule has 7 heteroatoms. The van der Waals surface area contributed by atoms with Gasteiger partial charge in [-0.1, -0.05) is 6.08 Å². The highest BCUT2D eigenvalue weighted by Gasteiger charge is 2.24. The smallest absolute Gasteiger partial charge is 0.268 e. The lowest BCUT2D eigenvalue weighted by molar-refractivity contribution is 0.589. The number of hydrogen-bond donors (Lipinski definition) is 1. The van der Waals surface area contributed by atoms with Gasteiger partial charge in [0, 0.05) is 29.9 Å². The minimum absolute atomic E-state index is 0.225. The molecule has 5 rings (SSSR count). The van der Waals surface area contributed by atoms with Crippen LogP contribution in [0.2, 0.25) is 0 Å². The summed E-state index contributed by atoms with van der Waals surface area (Å²) in [5.74, 6) is 0. The van der Waals surface area contributed by atoms with Gasteiger partial charge in [0.05, 0.1) is 22.2 Å². The summed E-state index contributed by atoms with van der Waals surface area (Å²) in [6.07, 6.45) is 7.89. The van der Waals surface area contributed by atoms with Crippen molar-refractivity contribution in [1.29, 1.82) is 0 Å². The van der Waals surface area contributed by atoms with E-state index in [0.29, 0.717) is 16.6 Å². The Morgan fingerprint density at radius 2 is 2.11 bits per heavy atom. The topological polar surface area (TPSA) is 77.1 Å². The van der Waals surface area contributed by atoms with Crippen LogP contribution in [0.5, 0.6) is 0 Å². The molecule has 0 atom stereocenters. The zero-order valence-electron chi connectivity index (χ0n) is 14.4. The first-order valence-electron chi connectivity index (χ1n) is 8.74. The van der Waals surface area contributed by atoms with Crippen molar-refractivity contribution in [3.63, 3.8) is 0 Å². The van der Waals surface area contributed by atoms with E-state index in [-0.39, 0.29) is 4.90 Å². The summed E-state index contributed by atoms with van der Waals surface area (Å²) in [6.45, 7) is 1.65. The van der Waals surface area contributed by atoms with Crippen molar-refractivity contribution < 1.29 is 12.8 Å². The van der Waals surface area contributed by atoms with Gasteiger partial charge in [0.1, 0.15) is 5.58 Å². The molecule has 1 aliphatic rings. The van der Waals surface area contributed by atoms with E-state index in [0.717, 1.165) is 36.0 Å². The van der Waals surface area contributed by atoms with Crippen molar-refractivity contribution in [3.05, 3.63) is 66.7 Å². The predicted octanol–water partition coefficient (Wildman–Crippen LogP) is 3.40. The number of nitrogens with one attached hydrogen (secondary N) is 1. The van der Waals surface area contributed by atoms with Gasteiger partial charge in [0.2, 0.25) is 0 Å². The largest absolute Gasteiger partial charge is 0.464 e. The fourth-order valence-corrected chi connectivity index (χ4v) is 4.94. The number of furan rings is 1. The van der Waals surface area contributed by atoms with Crippen LogP contribution in [0.1, 0.15) is 12.0 Å². The number of benzene rings is 1. The maximum Gasteiger partial charge on any atom is 0.268 e. The molecule has 0 amide bonds. The first-order chi connectivity index (χ1) is 13.1. The highest BCUT2D eigenvalue weighted by Crippen LogP contribution is 2.31. The number of hydrogen-bond acceptors (Lipinski definition) is 5. The highest BCUT2D eigenvalue weighted by atomic mass is 32.2. The van der Waals surface area contributed by atoms with Crippen molar-refractivity contribution in [2.45, 2.75) is 11.3 Å². The Balaban J connectivity index is 1.73. The molecule has 1 aliphatic heterocycles. The van der Waals surface area contributed by atoms with Gasteiger partial charge in [0.15, 0.2) is 0 Å². The lowest BCUT2D eigenvalue weighted by Crippen LogP contribution is -2.20. The molecule has 0 spiro atoms. The Bertz CT molecular complexity index is 1300. The van der Waals surface area contributed by atoms with Crippen LogP contribution in [-0.2, 0) is 10.0 Å². The van der Waals surface area contributed by atoms with Crippen LogP contribution in [0, 0.1) is 0 Å². The zero-order valence-corrected chi connectivity index (χ0v) is 15.2. The molecule has 136 valence electrons. The summed E-state index contributed by atoms with van der Waals surface area (Å²) in [7, 11) is -3.76. The summed E-state index contributed by atoms with van der Waals surface area (Å²) < 4.78 is 33.4. The van der Waals surface area contributed by atoms with Crippen molar-refractivity contribution in [1.82, 2.24) is 14.3 Å². The maximum absolute atomic E-state index is 13.4. The van der Waals surface area contributed by atoms with E-state index in [9.17, 15) is 8.42 Å². The Morgan fingerprint density at radius 1 is 1.19 bits per heavy atom. The van der Waals surface area contributed by atoms with Gasteiger partial charge in [-0.25, -0.2) is 12.4 Å². The van der Waals surface area contributed by atoms with E-state index in [1.54, 1.807) is 55.1 Å². The van der Waals surface area contributed by atoms with Gasteiger partial charge < -0.3 is 9.73 Å². The molecule has 1 N–H and O–H groups in total. The average molecular weight is 379 g/mol. The van der Waals surface area contributed by atoms with Crippen LogP contribution in [0.3, 0.4) is 0 Å². The number of aromatic nitrogens is 2. The molecular formula is C20H17N3O3S. The van der Waals surface area contributed by atoms with Crippen LogP contribution in [0.15, 0.2) is 70.4 Å². The molecule has 27 heavy (non-hydrogen) atoms. The van der Waals surface area contributed by atoms with Crippen LogP contribution in [0.25, 0.3) is 27.6 Å². The standard InChI is InChI=1S/C20H17N3O3S/c24-27(25,16-3-4-19-15(12-16)7-11-26-19)23-13-17(14-5-9-21-10-6-14)20-18(23)2-1-8-22-20/h1-5,7-8,11-13,21H,6,9-10H2. The maximum atomic E-state index is 13.4. The SMILES string of the molecule is O=S(=O)(c1ccc2occc2c1)n1cc(C2=CCNCC2)c2ncccc21. The summed E-state index contributed by atoms with van der Waals surface area (Å²) in [5.41, 5.74) is 3.95. The monoisotopic (exact) mass is 379 g/mol. The molecule has 4 heterocycles. The molecule has 0 fully saturated rings. The molecule has 0 saturated carbocycles. The number of fused-ring (bicyclic) bond motifs is 2. The predicted molar refractivity (Wildman–Crippen MR) is 104 cm³/mol. The third-order valence-electron chi connectivity index (χ3n) is 4.92. The molecule has 0 unspecified atom stereocenters. The van der Waals surface area contributed by atoms with Gasteiger partial charge in [-0.3, -0.25) is 4.98 Å². The van der Waals surface area contributed by atoms with Crippen molar-refractivity contribution in [2.24, 2.45) is 0 Å². The second kappa shape index (κ2) is 6.07. The minimum atomic E-state index is -3.76. The normalized spacial score (nSPS) is 15.3. The van der Waals surface area contributed by atoms with Crippen molar-refractivity contribution in [3.8, 4) is 0 Å². The number of pyridine rings is 1. The van der Waals surface area contributed by atoms with E-state index < -0.39 is 10.0 Å². The molecule has 0 radical (unpaired) electrons. The molecule has 0 bridgehead atoms. The number of nitrogens with zero attached hydrogens (tertiary/aromatic N) is 2. The Kier molecular flexibility index (Phi) is 3.66. The summed E-state index contributed by atoms with van der Waals surface area (Å²) in [6, 6.07) is 10.2. The fourth-order valence-electron chi connectivity index (χ4n) is 3.55. The minimum Gasteiger partial charge on any atom is -0.464 e. The second-order valence-electron chi connectivity index (χ2n) is 6.52. The Morgan fingerprint density at radius 3 is 2.96 bits per heavy atom.